The van der Waals surface area contributed by atoms with Gasteiger partial charge in [0.1, 0.15) is 17.5 Å². The molecule has 5 rings (SSSR count). The number of aromatic nitrogens is 1. The van der Waals surface area contributed by atoms with Gasteiger partial charge in [0.15, 0.2) is 0 Å². The molecule has 2 heterocycles. The van der Waals surface area contributed by atoms with E-state index in [4.69, 9.17) is 37.8 Å². The van der Waals surface area contributed by atoms with E-state index in [2.05, 4.69) is 4.98 Å². The molecule has 8 heteroatoms. The Labute approximate surface area is 219 Å². The number of hydrogen-bond acceptors (Lipinski definition) is 4. The van der Waals surface area contributed by atoms with Gasteiger partial charge in [0.25, 0.3) is 0 Å². The van der Waals surface area contributed by atoms with Crippen LogP contribution < -0.4 is 9.47 Å². The molecule has 3 aromatic carbocycles. The summed E-state index contributed by atoms with van der Waals surface area (Å²) in [5.41, 5.74) is 4.01. The van der Waals surface area contributed by atoms with Crippen molar-refractivity contribution < 1.29 is 19.4 Å². The van der Waals surface area contributed by atoms with E-state index < -0.39 is 6.09 Å². The number of hydrogen-bond donors (Lipinski definition) is 2. The van der Waals surface area contributed by atoms with Crippen molar-refractivity contribution in [1.82, 2.24) is 9.88 Å². The highest BCUT2D eigenvalue weighted by Crippen LogP contribution is 2.40. The number of aliphatic hydroxyl groups is 1. The molecular weight excluding hydrogens is 499 g/mol. The van der Waals surface area contributed by atoms with E-state index in [9.17, 15) is 4.79 Å². The summed E-state index contributed by atoms with van der Waals surface area (Å²) in [5.74, 6) is 1.18. The minimum atomic E-state index is -0.436. The van der Waals surface area contributed by atoms with Crippen LogP contribution in [-0.4, -0.2) is 40.8 Å². The number of H-pyrrole nitrogens is 1. The quantitative estimate of drug-likeness (QED) is 0.261. The second kappa shape index (κ2) is 10.8. The molecule has 0 saturated carbocycles. The van der Waals surface area contributed by atoms with Gasteiger partial charge >= 0.3 is 6.09 Å². The third-order valence-electron chi connectivity index (χ3n) is 6.36. The topological polar surface area (TPSA) is 74.8 Å². The van der Waals surface area contributed by atoms with Crippen molar-refractivity contribution in [3.63, 3.8) is 0 Å². The zero-order valence-electron chi connectivity index (χ0n) is 19.5. The summed E-state index contributed by atoms with van der Waals surface area (Å²) in [6, 6.07) is 19.9. The zero-order valence-corrected chi connectivity index (χ0v) is 21.1. The van der Waals surface area contributed by atoms with Gasteiger partial charge in [-0.05, 0) is 85.0 Å². The molecule has 0 spiro atoms. The molecule has 1 atom stereocenters. The van der Waals surface area contributed by atoms with Gasteiger partial charge in [-0.1, -0.05) is 35.3 Å². The van der Waals surface area contributed by atoms with Crippen molar-refractivity contribution >= 4 is 40.2 Å². The minimum Gasteiger partial charge on any atom is -0.494 e. The Kier molecular flexibility index (Phi) is 7.37. The van der Waals surface area contributed by atoms with Gasteiger partial charge in [-0.3, -0.25) is 4.90 Å². The molecule has 186 valence electrons. The fourth-order valence-electron chi connectivity index (χ4n) is 4.62. The van der Waals surface area contributed by atoms with Crippen LogP contribution in [0.25, 0.3) is 10.9 Å². The maximum absolute atomic E-state index is 13.4. The van der Waals surface area contributed by atoms with Crippen LogP contribution in [0.3, 0.4) is 0 Å². The zero-order chi connectivity index (χ0) is 25.1. The highest BCUT2D eigenvalue weighted by atomic mass is 35.5. The lowest BCUT2D eigenvalue weighted by atomic mass is 9.92. The smallest absolute Gasteiger partial charge is 0.416 e. The van der Waals surface area contributed by atoms with Gasteiger partial charge in [-0.25, -0.2) is 4.79 Å². The van der Waals surface area contributed by atoms with Crippen molar-refractivity contribution in [2.24, 2.45) is 0 Å². The maximum atomic E-state index is 13.4. The predicted molar refractivity (Wildman–Crippen MR) is 141 cm³/mol. The number of rotatable bonds is 7. The molecule has 0 unspecified atom stereocenters. The van der Waals surface area contributed by atoms with E-state index in [0.29, 0.717) is 41.8 Å². The summed E-state index contributed by atoms with van der Waals surface area (Å²) in [7, 11) is 0. The summed E-state index contributed by atoms with van der Waals surface area (Å²) >= 11 is 12.3. The van der Waals surface area contributed by atoms with E-state index >= 15 is 0 Å². The molecule has 2 N–H and O–H groups in total. The fraction of sp³-hybridized carbons (Fsp3) is 0.250. The fourth-order valence-corrected chi connectivity index (χ4v) is 4.91. The van der Waals surface area contributed by atoms with Crippen molar-refractivity contribution in [3.8, 4) is 11.5 Å². The van der Waals surface area contributed by atoms with Crippen LogP contribution in [0.15, 0.2) is 66.7 Å². The highest BCUT2D eigenvalue weighted by Gasteiger charge is 2.35. The second-order valence-electron chi connectivity index (χ2n) is 8.72. The number of amides is 1. The van der Waals surface area contributed by atoms with Gasteiger partial charge < -0.3 is 19.6 Å². The first-order chi connectivity index (χ1) is 17.5. The number of nitrogens with zero attached hydrogens (tertiary/aromatic N) is 1. The average Bonchev–Trinajstić information content (AvgIpc) is 3.25. The lowest BCUT2D eigenvalue weighted by Crippen LogP contribution is -2.42. The van der Waals surface area contributed by atoms with E-state index in [1.807, 2.05) is 42.5 Å². The summed E-state index contributed by atoms with van der Waals surface area (Å²) < 4.78 is 11.5. The first kappa shape index (κ1) is 24.5. The number of unbranched alkanes of at least 4 members (excludes halogenated alkanes) is 1. The van der Waals surface area contributed by atoms with Crippen LogP contribution in [0.1, 0.15) is 35.7 Å². The molecule has 0 fully saturated rings. The van der Waals surface area contributed by atoms with Crippen LogP contribution in [0.2, 0.25) is 10.0 Å². The average molecular weight is 525 g/mol. The Morgan fingerprint density at radius 3 is 2.44 bits per heavy atom. The molecule has 1 aliphatic rings. The van der Waals surface area contributed by atoms with Gasteiger partial charge in [-0.2, -0.15) is 0 Å². The van der Waals surface area contributed by atoms with Gasteiger partial charge in [-0.15, -0.1) is 0 Å². The first-order valence-electron chi connectivity index (χ1n) is 11.9. The van der Waals surface area contributed by atoms with Crippen LogP contribution >= 0.6 is 23.2 Å². The molecule has 0 saturated heterocycles. The normalized spacial score (nSPS) is 15.1. The molecule has 0 bridgehead atoms. The highest BCUT2D eigenvalue weighted by molar-refractivity contribution is 6.31. The van der Waals surface area contributed by atoms with Crippen LogP contribution in [0.4, 0.5) is 4.79 Å². The van der Waals surface area contributed by atoms with Gasteiger partial charge in [0.2, 0.25) is 0 Å². The lowest BCUT2D eigenvalue weighted by Gasteiger charge is -2.35. The molecule has 1 aliphatic heterocycles. The number of fused-ring (bicyclic) bond motifs is 3. The summed E-state index contributed by atoms with van der Waals surface area (Å²) in [6.07, 6.45) is 1.73. The summed E-state index contributed by atoms with van der Waals surface area (Å²) in [5, 5.41) is 11.3. The standard InChI is InChI=1S/C28H26Cl2N2O4/c29-19-5-10-22(11-6-19)36-28(34)32-14-13-23-24-17-20(30)7-12-25(24)31-26(23)27(32)18-3-8-21(9-4-18)35-16-2-1-15-33/h3-12,17,27,31,33H,1-2,13-16H2/t27-/m0/s1. The first-order valence-corrected chi connectivity index (χ1v) is 12.7. The van der Waals surface area contributed by atoms with E-state index in [1.54, 1.807) is 29.2 Å². The SMILES string of the molecule is O=C(Oc1ccc(Cl)cc1)N1CCc2c([nH]c3ccc(Cl)cc23)[C@@H]1c1ccc(OCCCCO)cc1. The third kappa shape index (κ3) is 5.16. The van der Waals surface area contributed by atoms with Crippen LogP contribution in [0.5, 0.6) is 11.5 Å². The number of benzene rings is 3. The lowest BCUT2D eigenvalue weighted by molar-refractivity contribution is 0.135. The summed E-state index contributed by atoms with van der Waals surface area (Å²) in [4.78, 5) is 18.6. The third-order valence-corrected chi connectivity index (χ3v) is 6.85. The maximum Gasteiger partial charge on any atom is 0.416 e. The molecule has 36 heavy (non-hydrogen) atoms. The van der Waals surface area contributed by atoms with Crippen LogP contribution in [-0.2, 0) is 6.42 Å². The summed E-state index contributed by atoms with van der Waals surface area (Å²) in [6.45, 7) is 1.18. The molecule has 0 radical (unpaired) electrons. The van der Waals surface area contributed by atoms with Crippen LogP contribution in [0, 0.1) is 0 Å². The Morgan fingerprint density at radius 1 is 0.972 bits per heavy atom. The number of nitrogens with one attached hydrogen (secondary N) is 1. The number of carbonyl (C=O) groups is 1. The van der Waals surface area contributed by atoms with Crippen molar-refractivity contribution in [2.75, 3.05) is 19.8 Å². The molecular formula is C28H26Cl2N2O4. The number of halogens is 2. The van der Waals surface area contributed by atoms with E-state index in [1.165, 1.54) is 0 Å². The Balaban J connectivity index is 1.47. The number of ether oxygens (including phenoxy) is 2. The molecule has 1 amide bonds. The van der Waals surface area contributed by atoms with Crippen molar-refractivity contribution in [2.45, 2.75) is 25.3 Å². The van der Waals surface area contributed by atoms with Gasteiger partial charge in [0.05, 0.1) is 6.61 Å². The second-order valence-corrected chi connectivity index (χ2v) is 9.60. The molecule has 6 nitrogen and oxygen atoms in total. The number of aromatic amines is 1. The minimum absolute atomic E-state index is 0.157. The van der Waals surface area contributed by atoms with Gasteiger partial charge in [0, 0.05) is 39.8 Å². The largest absolute Gasteiger partial charge is 0.494 e. The van der Waals surface area contributed by atoms with E-state index in [-0.39, 0.29) is 12.6 Å². The van der Waals surface area contributed by atoms with Crippen molar-refractivity contribution in [3.05, 3.63) is 93.6 Å². The molecule has 4 aromatic rings. The Hall–Kier alpha value is -3.19. The Morgan fingerprint density at radius 2 is 1.69 bits per heavy atom. The molecule has 1 aromatic heterocycles. The Bertz CT molecular complexity index is 1350. The number of aliphatic hydroxyl groups excluding tert-OH is 1. The number of carbonyl (C=O) groups excluding carboxylic acids is 1. The monoisotopic (exact) mass is 524 g/mol. The molecule has 0 aliphatic carbocycles. The van der Waals surface area contributed by atoms with E-state index in [0.717, 1.165) is 39.9 Å². The predicted octanol–water partition coefficient (Wildman–Crippen LogP) is 6.77. The van der Waals surface area contributed by atoms with Crippen molar-refractivity contribution in [1.29, 1.82) is 0 Å².